The molecule has 0 spiro atoms. The summed E-state index contributed by atoms with van der Waals surface area (Å²) in [5, 5.41) is 10.9. The van der Waals surface area contributed by atoms with Gasteiger partial charge in [0.1, 0.15) is 5.82 Å². The first kappa shape index (κ1) is 19.5. The Bertz CT molecular complexity index is 737. The molecule has 2 heterocycles. The van der Waals surface area contributed by atoms with Crippen molar-refractivity contribution in [2.24, 2.45) is 5.92 Å². The Morgan fingerprint density at radius 3 is 2.70 bits per heavy atom. The van der Waals surface area contributed by atoms with Gasteiger partial charge in [0, 0.05) is 6.54 Å². The number of benzene rings is 1. The largest absolute Gasteiger partial charge is 0.351 e. The van der Waals surface area contributed by atoms with Gasteiger partial charge in [-0.1, -0.05) is 24.3 Å². The second-order valence-electron chi connectivity index (χ2n) is 7.44. The van der Waals surface area contributed by atoms with Crippen molar-refractivity contribution >= 4 is 5.91 Å². The van der Waals surface area contributed by atoms with Crippen LogP contribution in [-0.4, -0.2) is 52.0 Å². The Labute approximate surface area is 159 Å². The van der Waals surface area contributed by atoms with Gasteiger partial charge in [-0.3, -0.25) is 4.79 Å². The molecule has 1 aliphatic heterocycles. The summed E-state index contributed by atoms with van der Waals surface area (Å²) in [6.07, 6.45) is 5.10. The molecule has 1 atom stereocenters. The maximum Gasteiger partial charge on any atom is 0.273 e. The molecule has 0 unspecified atom stereocenters. The van der Waals surface area contributed by atoms with Crippen molar-refractivity contribution < 1.29 is 9.18 Å². The highest BCUT2D eigenvalue weighted by atomic mass is 19.1. The van der Waals surface area contributed by atoms with E-state index in [1.165, 1.54) is 25.0 Å². The van der Waals surface area contributed by atoms with Gasteiger partial charge in [0.15, 0.2) is 5.69 Å². The third-order valence-electron chi connectivity index (χ3n) is 5.31. The monoisotopic (exact) mass is 373 g/mol. The average Bonchev–Trinajstić information content (AvgIpc) is 3.17. The molecule has 1 N–H and O–H groups in total. The molecular weight excluding hydrogens is 345 g/mol. The van der Waals surface area contributed by atoms with Gasteiger partial charge in [-0.15, -0.1) is 5.10 Å². The Balaban J connectivity index is 1.44. The van der Waals surface area contributed by atoms with Crippen LogP contribution in [0.2, 0.25) is 0 Å². The van der Waals surface area contributed by atoms with Crippen LogP contribution >= 0.6 is 0 Å². The van der Waals surface area contributed by atoms with E-state index < -0.39 is 0 Å². The molecule has 2 aromatic rings. The molecule has 0 aliphatic carbocycles. The smallest absolute Gasteiger partial charge is 0.273 e. The molecule has 1 fully saturated rings. The van der Waals surface area contributed by atoms with Gasteiger partial charge in [0.05, 0.1) is 12.2 Å². The van der Waals surface area contributed by atoms with Crippen LogP contribution < -0.4 is 5.32 Å². The van der Waals surface area contributed by atoms with Crippen LogP contribution in [-0.2, 0) is 0 Å². The highest BCUT2D eigenvalue weighted by Crippen LogP contribution is 2.17. The molecule has 6 nitrogen and oxygen atoms in total. The van der Waals surface area contributed by atoms with Crippen LogP contribution in [0.5, 0.6) is 0 Å². The number of piperidine rings is 1. The van der Waals surface area contributed by atoms with Crippen LogP contribution in [0.1, 0.15) is 55.2 Å². The Hall–Kier alpha value is -2.28. The molecular formula is C20H28FN5O. The van der Waals surface area contributed by atoms with Crippen LogP contribution in [0, 0.1) is 11.7 Å². The zero-order valence-corrected chi connectivity index (χ0v) is 16.1. The summed E-state index contributed by atoms with van der Waals surface area (Å²) in [5.74, 6) is 0.351. The highest BCUT2D eigenvalue weighted by Gasteiger charge is 2.16. The number of nitrogens with zero attached hydrogens (tertiary/aromatic N) is 4. The molecule has 0 bridgehead atoms. The molecule has 27 heavy (non-hydrogen) atoms. The molecule has 1 aromatic heterocycles. The van der Waals surface area contributed by atoms with E-state index in [1.807, 2.05) is 6.92 Å². The number of likely N-dealkylation sites (tertiary alicyclic amines) is 1. The number of aromatic nitrogens is 3. The van der Waals surface area contributed by atoms with Crippen LogP contribution in [0.4, 0.5) is 4.39 Å². The quantitative estimate of drug-likeness (QED) is 0.758. The minimum absolute atomic E-state index is 0.124. The molecule has 1 amide bonds. The zero-order valence-electron chi connectivity index (χ0n) is 16.1. The van der Waals surface area contributed by atoms with Crippen LogP contribution in [0.25, 0.3) is 0 Å². The van der Waals surface area contributed by atoms with Gasteiger partial charge >= 0.3 is 0 Å². The lowest BCUT2D eigenvalue weighted by Crippen LogP contribution is -2.35. The van der Waals surface area contributed by atoms with Crippen LogP contribution in [0.15, 0.2) is 30.5 Å². The van der Waals surface area contributed by atoms with Gasteiger partial charge in [-0.05, 0) is 69.4 Å². The summed E-state index contributed by atoms with van der Waals surface area (Å²) in [5.41, 5.74) is 1.21. The molecule has 7 heteroatoms. The number of hydrogen-bond donors (Lipinski definition) is 1. The van der Waals surface area contributed by atoms with Crippen molar-refractivity contribution in [2.45, 2.75) is 39.2 Å². The lowest BCUT2D eigenvalue weighted by Gasteiger charge is -2.30. The Kier molecular flexibility index (Phi) is 6.55. The highest BCUT2D eigenvalue weighted by molar-refractivity contribution is 5.91. The van der Waals surface area contributed by atoms with Crippen LogP contribution in [0.3, 0.4) is 0 Å². The summed E-state index contributed by atoms with van der Waals surface area (Å²) in [6.45, 7) is 8.20. The molecule has 0 saturated carbocycles. The van der Waals surface area contributed by atoms with E-state index in [0.717, 1.165) is 37.5 Å². The standard InChI is InChI=1S/C20H28FN5O/c1-15-8-12-25(13-9-15)11-3-10-22-20(27)19-14-26(24-23-19)16(2)17-4-6-18(21)7-5-17/h4-7,14-16H,3,8-13H2,1-2H3,(H,22,27)/t16-/m0/s1. The number of halogens is 1. The van der Waals surface area contributed by atoms with E-state index >= 15 is 0 Å². The molecule has 1 saturated heterocycles. The Morgan fingerprint density at radius 2 is 2.00 bits per heavy atom. The van der Waals surface area contributed by atoms with Gasteiger partial charge < -0.3 is 10.2 Å². The molecule has 3 rings (SSSR count). The average molecular weight is 373 g/mol. The summed E-state index contributed by atoms with van der Waals surface area (Å²) in [7, 11) is 0. The summed E-state index contributed by atoms with van der Waals surface area (Å²) >= 11 is 0. The normalized spacial score (nSPS) is 17.0. The summed E-state index contributed by atoms with van der Waals surface area (Å²) < 4.78 is 14.7. The third-order valence-corrected chi connectivity index (χ3v) is 5.31. The third kappa shape index (κ3) is 5.35. The maximum absolute atomic E-state index is 13.1. The first-order valence-electron chi connectivity index (χ1n) is 9.71. The summed E-state index contributed by atoms with van der Waals surface area (Å²) in [4.78, 5) is 14.7. The minimum atomic E-state index is -0.274. The number of carbonyl (C=O) groups excluding carboxylic acids is 1. The van der Waals surface area contributed by atoms with E-state index in [1.54, 1.807) is 23.0 Å². The van der Waals surface area contributed by atoms with Crippen molar-refractivity contribution in [1.29, 1.82) is 0 Å². The lowest BCUT2D eigenvalue weighted by molar-refractivity contribution is 0.0945. The van der Waals surface area contributed by atoms with Gasteiger partial charge in [0.25, 0.3) is 5.91 Å². The molecule has 1 aliphatic rings. The van der Waals surface area contributed by atoms with Crippen molar-refractivity contribution in [1.82, 2.24) is 25.2 Å². The number of nitrogens with one attached hydrogen (secondary N) is 1. The molecule has 1 aromatic carbocycles. The number of carbonyl (C=O) groups is 1. The Morgan fingerprint density at radius 1 is 1.30 bits per heavy atom. The summed E-state index contributed by atoms with van der Waals surface area (Å²) in [6, 6.07) is 6.13. The zero-order chi connectivity index (χ0) is 19.2. The minimum Gasteiger partial charge on any atom is -0.351 e. The predicted octanol–water partition coefficient (Wildman–Crippen LogP) is 2.88. The van der Waals surface area contributed by atoms with Gasteiger partial charge in [-0.2, -0.15) is 0 Å². The predicted molar refractivity (Wildman–Crippen MR) is 102 cm³/mol. The number of amides is 1. The van der Waals surface area contributed by atoms with Crippen molar-refractivity contribution in [2.75, 3.05) is 26.2 Å². The van der Waals surface area contributed by atoms with Crippen molar-refractivity contribution in [3.05, 3.63) is 47.5 Å². The second-order valence-corrected chi connectivity index (χ2v) is 7.44. The fraction of sp³-hybridized carbons (Fsp3) is 0.550. The van der Waals surface area contributed by atoms with Crippen molar-refractivity contribution in [3.8, 4) is 0 Å². The van der Waals surface area contributed by atoms with E-state index in [9.17, 15) is 9.18 Å². The number of hydrogen-bond acceptors (Lipinski definition) is 4. The first-order valence-corrected chi connectivity index (χ1v) is 9.71. The molecule has 146 valence electrons. The topological polar surface area (TPSA) is 63.1 Å². The fourth-order valence-corrected chi connectivity index (χ4v) is 3.34. The van der Waals surface area contributed by atoms with Gasteiger partial charge in [-0.25, -0.2) is 9.07 Å². The molecule has 0 radical (unpaired) electrons. The number of rotatable bonds is 7. The van der Waals surface area contributed by atoms with E-state index in [2.05, 4.69) is 27.5 Å². The second kappa shape index (κ2) is 9.08. The van der Waals surface area contributed by atoms with Gasteiger partial charge in [0.2, 0.25) is 0 Å². The van der Waals surface area contributed by atoms with E-state index in [0.29, 0.717) is 12.2 Å². The SMILES string of the molecule is CC1CCN(CCCNC(=O)c2cn([C@@H](C)c3ccc(F)cc3)nn2)CC1. The van der Waals surface area contributed by atoms with E-state index in [4.69, 9.17) is 0 Å². The lowest BCUT2D eigenvalue weighted by atomic mass is 9.99. The maximum atomic E-state index is 13.1. The van der Waals surface area contributed by atoms with E-state index in [-0.39, 0.29) is 17.8 Å². The fourth-order valence-electron chi connectivity index (χ4n) is 3.34. The first-order chi connectivity index (χ1) is 13.0. The van der Waals surface area contributed by atoms with Crippen molar-refractivity contribution in [3.63, 3.8) is 0 Å².